The lowest BCUT2D eigenvalue weighted by molar-refractivity contribution is 0.262. The largest absolute Gasteiger partial charge is 0.397 e. The Morgan fingerprint density at radius 1 is 1.21 bits per heavy atom. The van der Waals surface area contributed by atoms with Crippen LogP contribution in [-0.2, 0) is 0 Å². The van der Waals surface area contributed by atoms with Gasteiger partial charge in [-0.15, -0.1) is 0 Å². The van der Waals surface area contributed by atoms with Crippen molar-refractivity contribution in [3.63, 3.8) is 0 Å². The van der Waals surface area contributed by atoms with Gasteiger partial charge in [0.25, 0.3) is 0 Å². The first-order chi connectivity index (χ1) is 9.04. The molecule has 0 atom stereocenters. The maximum absolute atomic E-state index is 11.8. The number of rotatable bonds is 2. The minimum absolute atomic E-state index is 0.331. The third-order valence-corrected chi connectivity index (χ3v) is 2.67. The number of pyridine rings is 1. The normalized spacial score (nSPS) is 10.0. The number of hydrogen-bond donors (Lipinski definition) is 3. The zero-order valence-electron chi connectivity index (χ0n) is 10.9. The molecule has 5 nitrogen and oxygen atoms in total. The number of anilines is 3. The molecular formula is C14H16N4O. The van der Waals surface area contributed by atoms with Crippen LogP contribution in [0.1, 0.15) is 11.1 Å². The molecule has 2 rings (SSSR count). The van der Waals surface area contributed by atoms with Gasteiger partial charge in [-0.1, -0.05) is 12.1 Å². The molecule has 4 N–H and O–H groups in total. The van der Waals surface area contributed by atoms with Gasteiger partial charge in [0.15, 0.2) is 0 Å². The Kier molecular flexibility index (Phi) is 3.66. The molecule has 0 aliphatic rings. The van der Waals surface area contributed by atoms with Crippen molar-refractivity contribution in [2.45, 2.75) is 13.8 Å². The number of nitrogens with one attached hydrogen (secondary N) is 2. The number of nitrogens with zero attached hydrogens (tertiary/aromatic N) is 1. The molecule has 0 saturated carbocycles. The monoisotopic (exact) mass is 256 g/mol. The standard InChI is InChI=1S/C14H16N4O/c1-9-4-3-5-11(6-9)17-14(19)18-13-7-10(2)12(15)8-16-13/h3-8H,15H2,1-2H3,(H2,16,17,18,19). The number of aryl methyl sites for hydroxylation is 2. The van der Waals surface area contributed by atoms with E-state index in [1.807, 2.05) is 38.1 Å². The maximum atomic E-state index is 11.8. The summed E-state index contributed by atoms with van der Waals surface area (Å²) in [6.07, 6.45) is 1.53. The van der Waals surface area contributed by atoms with Gasteiger partial charge in [-0.25, -0.2) is 9.78 Å². The first-order valence-electron chi connectivity index (χ1n) is 5.91. The van der Waals surface area contributed by atoms with Gasteiger partial charge in [-0.05, 0) is 43.2 Å². The van der Waals surface area contributed by atoms with Crippen molar-refractivity contribution in [1.82, 2.24) is 4.98 Å². The van der Waals surface area contributed by atoms with E-state index in [4.69, 9.17) is 5.73 Å². The van der Waals surface area contributed by atoms with Crippen LogP contribution in [0.15, 0.2) is 36.5 Å². The molecule has 1 aromatic heterocycles. The number of benzene rings is 1. The topological polar surface area (TPSA) is 80.0 Å². The van der Waals surface area contributed by atoms with Crippen molar-refractivity contribution in [2.24, 2.45) is 0 Å². The van der Waals surface area contributed by atoms with Crippen molar-refractivity contribution in [3.8, 4) is 0 Å². The molecule has 0 saturated heterocycles. The van der Waals surface area contributed by atoms with E-state index < -0.39 is 0 Å². The molecule has 19 heavy (non-hydrogen) atoms. The van der Waals surface area contributed by atoms with Crippen LogP contribution in [0.3, 0.4) is 0 Å². The van der Waals surface area contributed by atoms with Gasteiger partial charge in [0.2, 0.25) is 0 Å². The number of urea groups is 1. The highest BCUT2D eigenvalue weighted by atomic mass is 16.2. The van der Waals surface area contributed by atoms with Crippen LogP contribution >= 0.6 is 0 Å². The molecule has 0 unspecified atom stereocenters. The number of carbonyl (C=O) groups is 1. The second-order valence-corrected chi connectivity index (χ2v) is 4.37. The van der Waals surface area contributed by atoms with Gasteiger partial charge in [-0.2, -0.15) is 0 Å². The van der Waals surface area contributed by atoms with Crippen LogP contribution in [-0.4, -0.2) is 11.0 Å². The molecule has 0 aliphatic heterocycles. The molecule has 0 fully saturated rings. The highest BCUT2D eigenvalue weighted by molar-refractivity contribution is 5.99. The zero-order chi connectivity index (χ0) is 13.8. The number of amides is 2. The fraction of sp³-hybridized carbons (Fsp3) is 0.143. The number of nitrogen functional groups attached to an aromatic ring is 1. The third-order valence-electron chi connectivity index (χ3n) is 2.67. The second-order valence-electron chi connectivity index (χ2n) is 4.37. The summed E-state index contributed by atoms with van der Waals surface area (Å²) in [6.45, 7) is 3.83. The number of nitrogens with two attached hydrogens (primary N) is 1. The second kappa shape index (κ2) is 5.39. The van der Waals surface area contributed by atoms with Crippen molar-refractivity contribution in [3.05, 3.63) is 47.7 Å². The molecule has 2 amide bonds. The summed E-state index contributed by atoms with van der Waals surface area (Å²) in [5.41, 5.74) is 8.97. The average Bonchev–Trinajstić information content (AvgIpc) is 2.34. The van der Waals surface area contributed by atoms with Gasteiger partial charge in [0, 0.05) is 5.69 Å². The lowest BCUT2D eigenvalue weighted by Crippen LogP contribution is -2.20. The van der Waals surface area contributed by atoms with Crippen LogP contribution in [0.4, 0.5) is 22.0 Å². The van der Waals surface area contributed by atoms with E-state index >= 15 is 0 Å². The van der Waals surface area contributed by atoms with Gasteiger partial charge in [0.1, 0.15) is 5.82 Å². The molecule has 0 aliphatic carbocycles. The lowest BCUT2D eigenvalue weighted by Gasteiger charge is -2.08. The molecule has 1 heterocycles. The van der Waals surface area contributed by atoms with Crippen molar-refractivity contribution >= 4 is 23.2 Å². The summed E-state index contributed by atoms with van der Waals surface area (Å²) >= 11 is 0. The Bertz CT molecular complexity index is 610. The smallest absolute Gasteiger partial charge is 0.324 e. The van der Waals surface area contributed by atoms with Gasteiger partial charge >= 0.3 is 6.03 Å². The van der Waals surface area contributed by atoms with E-state index in [1.54, 1.807) is 6.07 Å². The number of hydrogen-bond acceptors (Lipinski definition) is 3. The average molecular weight is 256 g/mol. The molecule has 98 valence electrons. The molecule has 1 aromatic carbocycles. The Balaban J connectivity index is 2.03. The lowest BCUT2D eigenvalue weighted by atomic mass is 10.2. The fourth-order valence-electron chi connectivity index (χ4n) is 1.64. The Morgan fingerprint density at radius 2 is 2.00 bits per heavy atom. The number of aromatic nitrogens is 1. The number of carbonyl (C=O) groups excluding carboxylic acids is 1. The molecule has 0 spiro atoms. The predicted octanol–water partition coefficient (Wildman–Crippen LogP) is 2.92. The molecule has 5 heteroatoms. The third kappa shape index (κ3) is 3.45. The highest BCUT2D eigenvalue weighted by Crippen LogP contribution is 2.14. The summed E-state index contributed by atoms with van der Waals surface area (Å²) in [5, 5.41) is 5.41. The van der Waals surface area contributed by atoms with Crippen LogP contribution in [0.2, 0.25) is 0 Å². The van der Waals surface area contributed by atoms with Crippen LogP contribution in [0, 0.1) is 13.8 Å². The minimum atomic E-state index is -0.331. The fourth-order valence-corrected chi connectivity index (χ4v) is 1.64. The molecule has 2 aromatic rings. The Morgan fingerprint density at radius 3 is 2.68 bits per heavy atom. The predicted molar refractivity (Wildman–Crippen MR) is 77.2 cm³/mol. The SMILES string of the molecule is Cc1cccc(NC(=O)Nc2cc(C)c(N)cn2)c1. The van der Waals surface area contributed by atoms with Crippen LogP contribution in [0.5, 0.6) is 0 Å². The van der Waals surface area contributed by atoms with E-state index in [9.17, 15) is 4.79 Å². The van der Waals surface area contributed by atoms with E-state index in [1.165, 1.54) is 6.20 Å². The van der Waals surface area contributed by atoms with E-state index in [0.29, 0.717) is 11.5 Å². The van der Waals surface area contributed by atoms with Crippen LogP contribution < -0.4 is 16.4 Å². The summed E-state index contributed by atoms with van der Waals surface area (Å²) in [7, 11) is 0. The maximum Gasteiger partial charge on any atom is 0.324 e. The highest BCUT2D eigenvalue weighted by Gasteiger charge is 2.04. The summed E-state index contributed by atoms with van der Waals surface area (Å²) in [5.74, 6) is 0.469. The van der Waals surface area contributed by atoms with E-state index in [2.05, 4.69) is 15.6 Å². The van der Waals surface area contributed by atoms with Gasteiger partial charge < -0.3 is 11.1 Å². The zero-order valence-corrected chi connectivity index (χ0v) is 10.9. The summed E-state index contributed by atoms with van der Waals surface area (Å²) < 4.78 is 0. The molecule has 0 bridgehead atoms. The van der Waals surface area contributed by atoms with Crippen molar-refractivity contribution in [1.29, 1.82) is 0 Å². The first kappa shape index (κ1) is 12.9. The van der Waals surface area contributed by atoms with Crippen LogP contribution in [0.25, 0.3) is 0 Å². The van der Waals surface area contributed by atoms with Crippen molar-refractivity contribution in [2.75, 3.05) is 16.4 Å². The summed E-state index contributed by atoms with van der Waals surface area (Å²) in [4.78, 5) is 15.8. The Labute approximate surface area is 111 Å². The molecular weight excluding hydrogens is 240 g/mol. The van der Waals surface area contributed by atoms with E-state index in [-0.39, 0.29) is 6.03 Å². The van der Waals surface area contributed by atoms with E-state index in [0.717, 1.165) is 16.8 Å². The van der Waals surface area contributed by atoms with Crippen molar-refractivity contribution < 1.29 is 4.79 Å². The Hall–Kier alpha value is -2.56. The first-order valence-corrected chi connectivity index (χ1v) is 5.91. The molecule has 0 radical (unpaired) electrons. The van der Waals surface area contributed by atoms with Gasteiger partial charge in [-0.3, -0.25) is 5.32 Å². The summed E-state index contributed by atoms with van der Waals surface area (Å²) in [6, 6.07) is 8.97. The quantitative estimate of drug-likeness (QED) is 0.772. The minimum Gasteiger partial charge on any atom is -0.397 e. The van der Waals surface area contributed by atoms with Gasteiger partial charge in [0.05, 0.1) is 11.9 Å².